The smallest absolute Gasteiger partial charge is 0.206 e. The molecule has 5 aromatic rings. The van der Waals surface area contributed by atoms with Gasteiger partial charge < -0.3 is 28.6 Å². The molecule has 0 radical (unpaired) electrons. The predicted molar refractivity (Wildman–Crippen MR) is 171 cm³/mol. The Labute approximate surface area is 261 Å². The number of rotatable bonds is 8. The Balaban J connectivity index is 1.24. The summed E-state index contributed by atoms with van der Waals surface area (Å²) in [5.74, 6) is 3.32. The number of hydrogen-bond donors (Lipinski definition) is 0. The molecule has 0 aliphatic carbocycles. The molecule has 0 spiro atoms. The lowest BCUT2D eigenvalue weighted by Crippen LogP contribution is -2.48. The second-order valence-electron chi connectivity index (χ2n) is 12.1. The number of aryl methyl sites for hydroxylation is 2. The average molecular weight is 611 g/mol. The molecule has 3 aliphatic rings. The first kappa shape index (κ1) is 28.2. The van der Waals surface area contributed by atoms with E-state index in [4.69, 9.17) is 34.3 Å². The molecule has 13 heteroatoms. The molecule has 13 nitrogen and oxygen atoms in total. The molecule has 3 saturated heterocycles. The topological polar surface area (TPSA) is 112 Å². The molecular formula is C32H38N10O3. The first-order valence-electron chi connectivity index (χ1n) is 15.6. The SMILES string of the molecule is COCCN1CCN(c2nc3c(N4CC5CC4CO5)nc(-n4ncc5c(C)nc(-c6cnccc6OC)cc54)cc3n2C)CC1. The quantitative estimate of drug-likeness (QED) is 0.259. The van der Waals surface area contributed by atoms with Gasteiger partial charge >= 0.3 is 0 Å². The molecule has 3 fully saturated rings. The molecule has 2 atom stereocenters. The van der Waals surface area contributed by atoms with Gasteiger partial charge in [0.15, 0.2) is 11.6 Å². The van der Waals surface area contributed by atoms with Gasteiger partial charge in [-0.2, -0.15) is 5.10 Å². The van der Waals surface area contributed by atoms with E-state index < -0.39 is 0 Å². The monoisotopic (exact) mass is 610 g/mol. The number of aromatic nitrogens is 7. The van der Waals surface area contributed by atoms with Crippen molar-refractivity contribution in [1.82, 2.24) is 39.2 Å². The number of ether oxygens (including phenoxy) is 3. The van der Waals surface area contributed by atoms with Crippen LogP contribution in [0.3, 0.4) is 0 Å². The van der Waals surface area contributed by atoms with Crippen LogP contribution in [0.5, 0.6) is 5.75 Å². The van der Waals surface area contributed by atoms with Crippen LogP contribution in [0.4, 0.5) is 11.8 Å². The van der Waals surface area contributed by atoms with Crippen LogP contribution in [0.1, 0.15) is 12.1 Å². The van der Waals surface area contributed by atoms with Crippen LogP contribution >= 0.6 is 0 Å². The van der Waals surface area contributed by atoms with E-state index in [9.17, 15) is 0 Å². The van der Waals surface area contributed by atoms with Crippen LogP contribution in [-0.4, -0.2) is 118 Å². The number of morpholine rings is 1. The van der Waals surface area contributed by atoms with Crippen molar-refractivity contribution in [2.24, 2.45) is 7.05 Å². The lowest BCUT2D eigenvalue weighted by molar-refractivity contribution is 0.0989. The summed E-state index contributed by atoms with van der Waals surface area (Å²) in [5.41, 5.74) is 5.34. The summed E-state index contributed by atoms with van der Waals surface area (Å²) in [6, 6.07) is 6.30. The molecule has 0 aromatic carbocycles. The Kier molecular flexibility index (Phi) is 7.03. The number of anilines is 2. The predicted octanol–water partition coefficient (Wildman–Crippen LogP) is 2.83. The maximum Gasteiger partial charge on any atom is 0.206 e. The third-order valence-electron chi connectivity index (χ3n) is 9.50. The van der Waals surface area contributed by atoms with E-state index in [0.717, 1.165) is 115 Å². The van der Waals surface area contributed by atoms with E-state index in [1.54, 1.807) is 26.6 Å². The molecule has 2 unspecified atom stereocenters. The summed E-state index contributed by atoms with van der Waals surface area (Å²) in [6.07, 6.45) is 6.63. The molecule has 45 heavy (non-hydrogen) atoms. The van der Waals surface area contributed by atoms with Crippen LogP contribution in [0.25, 0.3) is 39.0 Å². The maximum atomic E-state index is 5.97. The summed E-state index contributed by atoms with van der Waals surface area (Å²) >= 11 is 0. The fourth-order valence-corrected chi connectivity index (χ4v) is 7.04. The van der Waals surface area contributed by atoms with Crippen molar-refractivity contribution >= 4 is 33.7 Å². The van der Waals surface area contributed by atoms with Crippen molar-refractivity contribution < 1.29 is 14.2 Å². The highest BCUT2D eigenvalue weighted by atomic mass is 16.5. The second-order valence-corrected chi connectivity index (χ2v) is 12.1. The molecular weight excluding hydrogens is 572 g/mol. The lowest BCUT2D eigenvalue weighted by atomic mass is 10.1. The number of imidazole rings is 1. The summed E-state index contributed by atoms with van der Waals surface area (Å²) in [5, 5.41) is 5.82. The van der Waals surface area contributed by atoms with Gasteiger partial charge in [0, 0.05) is 83.0 Å². The Morgan fingerprint density at radius 1 is 1.02 bits per heavy atom. The average Bonchev–Trinajstić information content (AvgIpc) is 3.88. The highest BCUT2D eigenvalue weighted by Gasteiger charge is 2.41. The highest BCUT2D eigenvalue weighted by molar-refractivity contribution is 5.92. The summed E-state index contributed by atoms with van der Waals surface area (Å²) in [4.78, 5) is 27.0. The van der Waals surface area contributed by atoms with Gasteiger partial charge in [-0.25, -0.2) is 14.6 Å². The van der Waals surface area contributed by atoms with Gasteiger partial charge in [0.05, 0.1) is 61.0 Å². The van der Waals surface area contributed by atoms with Gasteiger partial charge in [-0.15, -0.1) is 0 Å². The first-order chi connectivity index (χ1) is 22.0. The summed E-state index contributed by atoms with van der Waals surface area (Å²) < 4.78 is 21.0. The van der Waals surface area contributed by atoms with Crippen LogP contribution in [0.2, 0.25) is 0 Å². The molecule has 234 valence electrons. The van der Waals surface area contributed by atoms with E-state index >= 15 is 0 Å². The van der Waals surface area contributed by atoms with Gasteiger partial charge in [0.2, 0.25) is 5.95 Å². The molecule has 0 saturated carbocycles. The first-order valence-corrected chi connectivity index (χ1v) is 15.6. The molecule has 8 heterocycles. The minimum atomic E-state index is 0.232. The van der Waals surface area contributed by atoms with Crippen molar-refractivity contribution in [3.63, 3.8) is 0 Å². The van der Waals surface area contributed by atoms with Crippen molar-refractivity contribution in [2.45, 2.75) is 25.5 Å². The van der Waals surface area contributed by atoms with Gasteiger partial charge in [-0.1, -0.05) is 0 Å². The van der Waals surface area contributed by atoms with Crippen molar-refractivity contribution in [2.75, 3.05) is 76.5 Å². The number of pyridine rings is 3. The Hall–Kier alpha value is -4.33. The van der Waals surface area contributed by atoms with E-state index in [2.05, 4.69) is 37.4 Å². The molecule has 3 aliphatic heterocycles. The third kappa shape index (κ3) is 4.77. The van der Waals surface area contributed by atoms with E-state index in [1.807, 2.05) is 29.9 Å². The Morgan fingerprint density at radius 2 is 1.89 bits per heavy atom. The van der Waals surface area contributed by atoms with E-state index in [1.165, 1.54) is 0 Å². The van der Waals surface area contributed by atoms with Crippen molar-refractivity contribution in [3.8, 4) is 22.8 Å². The second kappa shape index (κ2) is 11.2. The number of hydrogen-bond acceptors (Lipinski definition) is 11. The molecule has 2 bridgehead atoms. The molecule has 8 rings (SSSR count). The largest absolute Gasteiger partial charge is 0.496 e. The van der Waals surface area contributed by atoms with Gasteiger partial charge in [0.25, 0.3) is 0 Å². The minimum absolute atomic E-state index is 0.232. The Morgan fingerprint density at radius 3 is 2.64 bits per heavy atom. The highest BCUT2D eigenvalue weighted by Crippen LogP contribution is 2.38. The van der Waals surface area contributed by atoms with Crippen LogP contribution < -0.4 is 14.5 Å². The lowest BCUT2D eigenvalue weighted by Gasteiger charge is -2.35. The van der Waals surface area contributed by atoms with Crippen molar-refractivity contribution in [3.05, 3.63) is 42.5 Å². The number of nitrogens with zero attached hydrogens (tertiary/aromatic N) is 10. The van der Waals surface area contributed by atoms with Crippen molar-refractivity contribution in [1.29, 1.82) is 0 Å². The molecule has 0 N–H and O–H groups in total. The molecule has 0 amide bonds. The van der Waals surface area contributed by atoms with Crippen LogP contribution in [-0.2, 0) is 16.5 Å². The van der Waals surface area contributed by atoms with Gasteiger partial charge in [-0.05, 0) is 25.5 Å². The van der Waals surface area contributed by atoms with E-state index in [-0.39, 0.29) is 6.10 Å². The zero-order valence-corrected chi connectivity index (χ0v) is 26.2. The van der Waals surface area contributed by atoms with Gasteiger partial charge in [-0.3, -0.25) is 14.9 Å². The van der Waals surface area contributed by atoms with Crippen LogP contribution in [0.15, 0.2) is 36.8 Å². The fourth-order valence-electron chi connectivity index (χ4n) is 7.04. The number of piperazine rings is 1. The van der Waals surface area contributed by atoms with E-state index in [0.29, 0.717) is 12.6 Å². The number of methoxy groups -OCH3 is 2. The normalized spacial score (nSPS) is 20.3. The van der Waals surface area contributed by atoms with Gasteiger partial charge in [0.1, 0.15) is 11.3 Å². The third-order valence-corrected chi connectivity index (χ3v) is 9.50. The van der Waals surface area contributed by atoms with Crippen LogP contribution in [0, 0.1) is 6.92 Å². The maximum absolute atomic E-state index is 5.97. The minimum Gasteiger partial charge on any atom is -0.496 e. The Bertz CT molecular complexity index is 1880. The summed E-state index contributed by atoms with van der Waals surface area (Å²) in [7, 11) is 5.53. The zero-order valence-electron chi connectivity index (χ0n) is 26.2. The zero-order chi connectivity index (χ0) is 30.7. The summed E-state index contributed by atoms with van der Waals surface area (Å²) in [6.45, 7) is 9.02. The molecule has 5 aromatic heterocycles. The standard InChI is InChI=1S/C32H38N10O3/c1-20-23-17-34-42(26(23)14-25(35-20)24-16-33-6-5-28(24)44-4)29-15-27-30(31(36-29)41-18-22-13-21(41)19-45-22)37-32(38(27)2)40-9-7-39(8-10-40)11-12-43-3/h5-6,14-17,21-22H,7-13,18-19H2,1-4H3. The fraction of sp³-hybridized carbons (Fsp3) is 0.469. The number of fused-ring (bicyclic) bond motifs is 4.